The molecule has 0 radical (unpaired) electrons. The molecule has 0 bridgehead atoms. The molecule has 0 unspecified atom stereocenters. The molecule has 0 spiro atoms. The minimum absolute atomic E-state index is 0. The van der Waals surface area contributed by atoms with Crippen LogP contribution in [0.2, 0.25) is 5.02 Å². The van der Waals surface area contributed by atoms with Crippen LogP contribution >= 0.6 is 39.9 Å². The highest BCUT2D eigenvalue weighted by molar-refractivity contribution is 9.10. The zero-order valence-electron chi connectivity index (χ0n) is 10.7. The maximum Gasteiger partial charge on any atom is 0.241 e. The number of anilines is 1. The molecular weight excluding hydrogens is 355 g/mol. The van der Waals surface area contributed by atoms with E-state index in [9.17, 15) is 4.79 Å². The predicted octanol–water partition coefficient (Wildman–Crippen LogP) is 3.60. The van der Waals surface area contributed by atoms with Crippen LogP contribution in [-0.4, -0.2) is 18.6 Å². The van der Waals surface area contributed by atoms with Gasteiger partial charge in [-0.05, 0) is 41.4 Å². The Balaban J connectivity index is 0.00000324. The number of halogens is 3. The van der Waals surface area contributed by atoms with Crippen molar-refractivity contribution in [3.63, 3.8) is 0 Å². The van der Waals surface area contributed by atoms with Crippen LogP contribution in [-0.2, 0) is 4.79 Å². The summed E-state index contributed by atoms with van der Waals surface area (Å²) in [5.41, 5.74) is 6.19. The van der Waals surface area contributed by atoms with Crippen molar-refractivity contribution in [1.82, 2.24) is 0 Å². The van der Waals surface area contributed by atoms with Crippen molar-refractivity contribution >= 4 is 51.5 Å². The van der Waals surface area contributed by atoms with Gasteiger partial charge in [0.15, 0.2) is 5.75 Å². The highest BCUT2D eigenvalue weighted by Crippen LogP contribution is 2.36. The van der Waals surface area contributed by atoms with Crippen LogP contribution in [0.5, 0.6) is 5.75 Å². The van der Waals surface area contributed by atoms with E-state index >= 15 is 0 Å². The first-order valence-corrected chi connectivity index (χ1v) is 6.85. The van der Waals surface area contributed by atoms with Crippen LogP contribution in [0.4, 0.5) is 5.69 Å². The first-order chi connectivity index (χ1) is 8.49. The van der Waals surface area contributed by atoms with E-state index in [0.717, 1.165) is 0 Å². The minimum atomic E-state index is -0.544. The quantitative estimate of drug-likeness (QED) is 0.830. The largest absolute Gasteiger partial charge is 0.491 e. The fourth-order valence-electron chi connectivity index (χ4n) is 1.36. The SMILES string of the molecule is CCOc1c(Br)cc(Cl)cc1NC(=O)[C@@H](N)CC.Cl. The molecular formula is C12H17BrCl2N2O2. The summed E-state index contributed by atoms with van der Waals surface area (Å²) in [6, 6.07) is 2.80. The van der Waals surface area contributed by atoms with Gasteiger partial charge < -0.3 is 15.8 Å². The van der Waals surface area contributed by atoms with E-state index in [4.69, 9.17) is 22.1 Å². The summed E-state index contributed by atoms with van der Waals surface area (Å²) in [6.45, 7) is 4.20. The second-order valence-corrected chi connectivity index (χ2v) is 4.99. The van der Waals surface area contributed by atoms with E-state index in [0.29, 0.717) is 34.0 Å². The smallest absolute Gasteiger partial charge is 0.241 e. The van der Waals surface area contributed by atoms with Crippen LogP contribution in [0.15, 0.2) is 16.6 Å². The lowest BCUT2D eigenvalue weighted by molar-refractivity contribution is -0.117. The van der Waals surface area contributed by atoms with Crippen molar-refractivity contribution in [2.24, 2.45) is 5.73 Å². The maximum absolute atomic E-state index is 11.8. The van der Waals surface area contributed by atoms with Crippen molar-refractivity contribution in [3.8, 4) is 5.75 Å². The fourth-order valence-corrected chi connectivity index (χ4v) is 2.28. The third kappa shape index (κ3) is 5.18. The zero-order valence-corrected chi connectivity index (χ0v) is 13.9. The number of hydrogen-bond donors (Lipinski definition) is 2. The van der Waals surface area contributed by atoms with Crippen molar-refractivity contribution in [2.75, 3.05) is 11.9 Å². The first-order valence-electron chi connectivity index (χ1n) is 5.67. The van der Waals surface area contributed by atoms with Crippen LogP contribution in [0.3, 0.4) is 0 Å². The summed E-state index contributed by atoms with van der Waals surface area (Å²) < 4.78 is 6.17. The highest BCUT2D eigenvalue weighted by Gasteiger charge is 2.16. The lowest BCUT2D eigenvalue weighted by atomic mass is 10.2. The summed E-state index contributed by atoms with van der Waals surface area (Å²) >= 11 is 9.30. The van der Waals surface area contributed by atoms with Gasteiger partial charge in [-0.3, -0.25) is 4.79 Å². The molecule has 1 aromatic rings. The van der Waals surface area contributed by atoms with Gasteiger partial charge in [0.2, 0.25) is 5.91 Å². The van der Waals surface area contributed by atoms with Crippen LogP contribution < -0.4 is 15.8 Å². The van der Waals surface area contributed by atoms with Crippen molar-refractivity contribution < 1.29 is 9.53 Å². The summed E-state index contributed by atoms with van der Waals surface area (Å²) in [5, 5.41) is 3.23. The molecule has 0 saturated carbocycles. The number of benzene rings is 1. The van der Waals surface area contributed by atoms with Crippen LogP contribution in [0.25, 0.3) is 0 Å². The average Bonchev–Trinajstić information content (AvgIpc) is 2.32. The van der Waals surface area contributed by atoms with E-state index in [1.165, 1.54) is 0 Å². The Morgan fingerprint density at radius 3 is 2.68 bits per heavy atom. The lowest BCUT2D eigenvalue weighted by Crippen LogP contribution is -2.34. The average molecular weight is 372 g/mol. The number of amides is 1. The minimum Gasteiger partial charge on any atom is -0.491 e. The Kier molecular flexibility index (Phi) is 8.41. The monoisotopic (exact) mass is 370 g/mol. The van der Waals surface area contributed by atoms with Crippen molar-refractivity contribution in [3.05, 3.63) is 21.6 Å². The second kappa shape index (κ2) is 8.64. The molecule has 0 aliphatic heterocycles. The Bertz CT molecular complexity index is 444. The number of carbonyl (C=O) groups excluding carboxylic acids is 1. The molecule has 0 aliphatic carbocycles. The van der Waals surface area contributed by atoms with Gasteiger partial charge in [0.1, 0.15) is 0 Å². The van der Waals surface area contributed by atoms with Gasteiger partial charge >= 0.3 is 0 Å². The van der Waals surface area contributed by atoms with E-state index in [-0.39, 0.29) is 18.3 Å². The molecule has 1 rings (SSSR count). The summed E-state index contributed by atoms with van der Waals surface area (Å²) in [6.07, 6.45) is 0.567. The Labute approximate surface area is 132 Å². The summed E-state index contributed by atoms with van der Waals surface area (Å²) in [4.78, 5) is 11.8. The Hall–Kier alpha value is -0.490. The molecule has 7 heteroatoms. The maximum atomic E-state index is 11.8. The van der Waals surface area contributed by atoms with E-state index in [1.54, 1.807) is 12.1 Å². The van der Waals surface area contributed by atoms with Crippen LogP contribution in [0.1, 0.15) is 20.3 Å². The van der Waals surface area contributed by atoms with E-state index in [2.05, 4.69) is 21.2 Å². The molecule has 4 nitrogen and oxygen atoms in total. The van der Waals surface area contributed by atoms with Crippen molar-refractivity contribution in [2.45, 2.75) is 26.3 Å². The second-order valence-electron chi connectivity index (χ2n) is 3.70. The van der Waals surface area contributed by atoms with E-state index < -0.39 is 6.04 Å². The lowest BCUT2D eigenvalue weighted by Gasteiger charge is -2.15. The highest BCUT2D eigenvalue weighted by atomic mass is 79.9. The first kappa shape index (κ1) is 18.5. The third-order valence-electron chi connectivity index (χ3n) is 2.33. The molecule has 108 valence electrons. The fraction of sp³-hybridized carbons (Fsp3) is 0.417. The zero-order chi connectivity index (χ0) is 13.7. The summed E-state index contributed by atoms with van der Waals surface area (Å²) in [7, 11) is 0. The number of ether oxygens (including phenoxy) is 1. The molecule has 19 heavy (non-hydrogen) atoms. The molecule has 1 atom stereocenters. The molecule has 0 heterocycles. The van der Waals surface area contributed by atoms with E-state index in [1.807, 2.05) is 13.8 Å². The molecule has 1 aromatic carbocycles. The van der Waals surface area contributed by atoms with Gasteiger partial charge in [-0.15, -0.1) is 12.4 Å². The predicted molar refractivity (Wildman–Crippen MR) is 84.5 cm³/mol. The van der Waals surface area contributed by atoms with Crippen LogP contribution in [0, 0.1) is 0 Å². The Morgan fingerprint density at radius 1 is 1.53 bits per heavy atom. The number of nitrogens with two attached hydrogens (primary N) is 1. The molecule has 1 amide bonds. The number of carbonyl (C=O) groups is 1. The normalized spacial score (nSPS) is 11.4. The topological polar surface area (TPSA) is 64.3 Å². The number of rotatable bonds is 5. The van der Waals surface area contributed by atoms with Crippen molar-refractivity contribution in [1.29, 1.82) is 0 Å². The van der Waals surface area contributed by atoms with Gasteiger partial charge in [-0.25, -0.2) is 0 Å². The van der Waals surface area contributed by atoms with Gasteiger partial charge in [0.05, 0.1) is 22.8 Å². The van der Waals surface area contributed by atoms with Gasteiger partial charge in [0.25, 0.3) is 0 Å². The number of hydrogen-bond acceptors (Lipinski definition) is 3. The molecule has 0 aromatic heterocycles. The van der Waals surface area contributed by atoms with Gasteiger partial charge in [0, 0.05) is 5.02 Å². The number of nitrogens with one attached hydrogen (secondary N) is 1. The van der Waals surface area contributed by atoms with Gasteiger partial charge in [-0.1, -0.05) is 18.5 Å². The molecule has 3 N–H and O–H groups in total. The molecule has 0 aliphatic rings. The Morgan fingerprint density at radius 2 is 2.16 bits per heavy atom. The summed E-state index contributed by atoms with van der Waals surface area (Å²) in [5.74, 6) is 0.297. The molecule has 0 fully saturated rings. The van der Waals surface area contributed by atoms with Gasteiger partial charge in [-0.2, -0.15) is 0 Å². The standard InChI is InChI=1S/C12H16BrClN2O2.ClH/c1-3-9(15)12(17)16-10-6-7(14)5-8(13)11(10)18-4-2;/h5-6,9H,3-4,15H2,1-2H3,(H,16,17);1H/t9-;/m0./s1. The molecule has 0 saturated heterocycles. The third-order valence-corrected chi connectivity index (χ3v) is 3.14.